The lowest BCUT2D eigenvalue weighted by Crippen LogP contribution is -2.28. The summed E-state index contributed by atoms with van der Waals surface area (Å²) in [5.41, 5.74) is 2.09. The van der Waals surface area contributed by atoms with Crippen molar-refractivity contribution >= 4 is 40.0 Å². The van der Waals surface area contributed by atoms with Crippen LogP contribution in [0.25, 0.3) is 10.9 Å². The summed E-state index contributed by atoms with van der Waals surface area (Å²) >= 11 is 5.89. The van der Waals surface area contributed by atoms with E-state index in [1.807, 2.05) is 30.3 Å². The highest BCUT2D eigenvalue weighted by atomic mass is 35.5. The van der Waals surface area contributed by atoms with Crippen LogP contribution in [0.4, 0.5) is 5.69 Å². The molecule has 2 amide bonds. The number of aromatic nitrogens is 1. The Morgan fingerprint density at radius 2 is 1.86 bits per heavy atom. The van der Waals surface area contributed by atoms with Gasteiger partial charge in [-0.15, -0.1) is 10.2 Å². The first kappa shape index (κ1) is 22.4. The Labute approximate surface area is 204 Å². The zero-order chi connectivity index (χ0) is 24.4. The van der Waals surface area contributed by atoms with Crippen LogP contribution < -0.4 is 14.8 Å². The molecule has 176 valence electrons. The second kappa shape index (κ2) is 9.47. The van der Waals surface area contributed by atoms with Gasteiger partial charge in [0.25, 0.3) is 11.8 Å². The van der Waals surface area contributed by atoms with Crippen LogP contribution in [0.2, 0.25) is 5.02 Å². The van der Waals surface area contributed by atoms with Crippen molar-refractivity contribution in [2.75, 3.05) is 13.3 Å². The van der Waals surface area contributed by atoms with Crippen LogP contribution in [0.15, 0.2) is 77.0 Å². The molecule has 0 atom stereocenters. The minimum absolute atomic E-state index is 0.136. The largest absolute Gasteiger partial charge is 0.493 e. The van der Waals surface area contributed by atoms with Gasteiger partial charge in [-0.05, 0) is 42.0 Å². The third kappa shape index (κ3) is 4.67. The second-order valence-electron chi connectivity index (χ2n) is 7.75. The van der Waals surface area contributed by atoms with Crippen molar-refractivity contribution in [1.29, 1.82) is 0 Å². The molecule has 1 aliphatic rings. The van der Waals surface area contributed by atoms with E-state index in [1.165, 1.54) is 6.07 Å². The molecule has 10 heteroatoms. The molecule has 1 aromatic heterocycles. The maximum Gasteiger partial charge on any atom is 0.283 e. The Balaban J connectivity index is 1.34. The lowest BCUT2D eigenvalue weighted by Gasteiger charge is -2.08. The molecular weight excluding hydrogens is 472 g/mol. The summed E-state index contributed by atoms with van der Waals surface area (Å²) < 4.78 is 12.5. The molecule has 0 bridgehead atoms. The highest BCUT2D eigenvalue weighted by molar-refractivity contribution is 6.31. The van der Waals surface area contributed by atoms with E-state index >= 15 is 0 Å². The fourth-order valence-corrected chi connectivity index (χ4v) is 3.97. The predicted molar refractivity (Wildman–Crippen MR) is 129 cm³/mol. The molecule has 5 rings (SSSR count). The number of nitrogens with zero attached hydrogens (tertiary/aromatic N) is 3. The summed E-state index contributed by atoms with van der Waals surface area (Å²) in [6.07, 6.45) is 0. The summed E-state index contributed by atoms with van der Waals surface area (Å²) in [5, 5.41) is 22.2. The molecule has 1 aliphatic heterocycles. The zero-order valence-corrected chi connectivity index (χ0v) is 19.0. The molecule has 0 aliphatic carbocycles. The van der Waals surface area contributed by atoms with Crippen molar-refractivity contribution in [2.24, 2.45) is 10.2 Å². The molecule has 0 unspecified atom stereocenters. The number of nitrogens with one attached hydrogen (secondary N) is 1. The van der Waals surface area contributed by atoms with Gasteiger partial charge in [-0.25, -0.2) is 0 Å². The fraction of sp³-hybridized carbons (Fsp3) is 0.120. The average molecular weight is 491 g/mol. The van der Waals surface area contributed by atoms with E-state index < -0.39 is 11.8 Å². The first-order chi connectivity index (χ1) is 17.0. The van der Waals surface area contributed by atoms with E-state index in [2.05, 4.69) is 15.5 Å². The van der Waals surface area contributed by atoms with E-state index in [9.17, 15) is 14.7 Å². The van der Waals surface area contributed by atoms with E-state index in [1.54, 1.807) is 34.9 Å². The number of hydrogen-bond donors (Lipinski definition) is 2. The average Bonchev–Trinajstić information content (AvgIpc) is 3.43. The molecule has 35 heavy (non-hydrogen) atoms. The standard InChI is InChI=1S/C25H19ClN4O5/c26-17-5-3-4-16(11-17)24(32)27-12-22(31)28-29-23-18-6-1-2-7-19(18)30(25(23)33)13-15-8-9-20-21(10-15)35-14-34-20/h1-11,33H,12-14H2,(H,27,32). The van der Waals surface area contributed by atoms with Gasteiger partial charge in [0.15, 0.2) is 17.2 Å². The third-order valence-electron chi connectivity index (χ3n) is 5.44. The van der Waals surface area contributed by atoms with Crippen molar-refractivity contribution in [3.05, 3.63) is 82.9 Å². The summed E-state index contributed by atoms with van der Waals surface area (Å²) in [6.45, 7) is 0.155. The number of ether oxygens (including phenoxy) is 2. The van der Waals surface area contributed by atoms with Gasteiger partial charge in [-0.2, -0.15) is 0 Å². The number of azo groups is 1. The number of aromatic hydroxyl groups is 1. The summed E-state index contributed by atoms with van der Waals surface area (Å²) in [5.74, 6) is 0.0459. The Morgan fingerprint density at radius 3 is 2.71 bits per heavy atom. The molecule has 0 saturated carbocycles. The first-order valence-corrected chi connectivity index (χ1v) is 11.0. The van der Waals surface area contributed by atoms with Crippen LogP contribution >= 0.6 is 11.6 Å². The number of fused-ring (bicyclic) bond motifs is 2. The van der Waals surface area contributed by atoms with Gasteiger partial charge in [0, 0.05) is 16.0 Å². The summed E-state index contributed by atoms with van der Waals surface area (Å²) in [6, 6.07) is 19.2. The van der Waals surface area contributed by atoms with E-state index in [4.69, 9.17) is 21.1 Å². The summed E-state index contributed by atoms with van der Waals surface area (Å²) in [4.78, 5) is 24.5. The molecule has 0 radical (unpaired) electrons. The lowest BCUT2D eigenvalue weighted by molar-refractivity contribution is -0.117. The van der Waals surface area contributed by atoms with Gasteiger partial charge in [0.05, 0.1) is 12.1 Å². The fourth-order valence-electron chi connectivity index (χ4n) is 3.78. The molecule has 3 aromatic carbocycles. The van der Waals surface area contributed by atoms with Gasteiger partial charge in [-0.1, -0.05) is 41.9 Å². The van der Waals surface area contributed by atoms with E-state index in [-0.39, 0.29) is 24.9 Å². The number of carbonyl (C=O) groups is 2. The Hall–Kier alpha value is -4.37. The minimum Gasteiger partial charge on any atom is -0.493 e. The normalized spacial score (nSPS) is 12.4. The molecule has 2 heterocycles. The van der Waals surface area contributed by atoms with Crippen LogP contribution in [-0.2, 0) is 11.3 Å². The van der Waals surface area contributed by atoms with Crippen molar-refractivity contribution in [3.63, 3.8) is 0 Å². The SMILES string of the molecule is O=C(CNC(=O)c1cccc(Cl)c1)N=Nc1c(O)n(Cc2ccc3c(c2)OCO3)c2ccccc12. The first-order valence-electron chi connectivity index (χ1n) is 10.7. The van der Waals surface area contributed by atoms with Crippen molar-refractivity contribution in [1.82, 2.24) is 9.88 Å². The van der Waals surface area contributed by atoms with Crippen molar-refractivity contribution < 1.29 is 24.2 Å². The molecular formula is C25H19ClN4O5. The van der Waals surface area contributed by atoms with Gasteiger partial charge in [-0.3, -0.25) is 9.59 Å². The quantitative estimate of drug-likeness (QED) is 0.376. The van der Waals surface area contributed by atoms with Crippen molar-refractivity contribution in [3.8, 4) is 17.4 Å². The smallest absolute Gasteiger partial charge is 0.283 e. The third-order valence-corrected chi connectivity index (χ3v) is 5.68. The van der Waals surface area contributed by atoms with Crippen LogP contribution in [0.1, 0.15) is 15.9 Å². The Morgan fingerprint density at radius 1 is 1.03 bits per heavy atom. The topological polar surface area (TPSA) is 115 Å². The van der Waals surface area contributed by atoms with E-state index in [0.29, 0.717) is 34.0 Å². The lowest BCUT2D eigenvalue weighted by atomic mass is 10.2. The molecule has 0 spiro atoms. The highest BCUT2D eigenvalue weighted by Crippen LogP contribution is 2.40. The van der Waals surface area contributed by atoms with Gasteiger partial charge < -0.3 is 24.5 Å². The number of hydrogen-bond acceptors (Lipinski definition) is 6. The van der Waals surface area contributed by atoms with Crippen LogP contribution in [-0.4, -0.2) is 34.8 Å². The number of benzene rings is 3. The number of para-hydroxylation sites is 1. The van der Waals surface area contributed by atoms with Crippen molar-refractivity contribution in [2.45, 2.75) is 6.54 Å². The zero-order valence-electron chi connectivity index (χ0n) is 18.3. The summed E-state index contributed by atoms with van der Waals surface area (Å²) in [7, 11) is 0. The van der Waals surface area contributed by atoms with Gasteiger partial charge in [0.2, 0.25) is 12.7 Å². The number of rotatable bonds is 6. The predicted octanol–water partition coefficient (Wildman–Crippen LogP) is 4.82. The molecule has 4 aromatic rings. The van der Waals surface area contributed by atoms with Gasteiger partial charge >= 0.3 is 0 Å². The Kier molecular flexibility index (Phi) is 6.07. The maximum absolute atomic E-state index is 12.3. The highest BCUT2D eigenvalue weighted by Gasteiger charge is 2.19. The van der Waals surface area contributed by atoms with Crippen LogP contribution in [0.3, 0.4) is 0 Å². The number of amides is 2. The van der Waals surface area contributed by atoms with Gasteiger partial charge in [0.1, 0.15) is 6.54 Å². The molecule has 0 saturated heterocycles. The van der Waals surface area contributed by atoms with Crippen LogP contribution in [0, 0.1) is 0 Å². The molecule has 0 fully saturated rings. The minimum atomic E-state index is -0.674. The maximum atomic E-state index is 12.3. The monoisotopic (exact) mass is 490 g/mol. The number of halogens is 1. The van der Waals surface area contributed by atoms with Crippen LogP contribution in [0.5, 0.6) is 17.4 Å². The second-order valence-corrected chi connectivity index (χ2v) is 8.19. The number of carbonyl (C=O) groups excluding carboxylic acids is 2. The Bertz CT molecular complexity index is 1480. The van der Waals surface area contributed by atoms with E-state index in [0.717, 1.165) is 11.1 Å². The molecule has 9 nitrogen and oxygen atoms in total. The molecule has 2 N–H and O–H groups in total.